The van der Waals surface area contributed by atoms with Gasteiger partial charge in [-0.2, -0.15) is 0 Å². The Morgan fingerprint density at radius 3 is 1.90 bits per heavy atom. The van der Waals surface area contributed by atoms with Gasteiger partial charge in [-0.05, 0) is 71.7 Å². The SMILES string of the molecule is C#Cc1cc(C(=O)NC)ccc1C(=CCSc1ccc(OCC(=O)O)c(C)c1)c1ccc(C(=O)NC)cc1C#C. The van der Waals surface area contributed by atoms with E-state index in [1.165, 1.54) is 0 Å². The number of carbonyl (C=O) groups is 3. The maximum Gasteiger partial charge on any atom is 0.341 e. The Balaban J connectivity index is 2.04. The van der Waals surface area contributed by atoms with Crippen molar-refractivity contribution in [2.75, 3.05) is 26.5 Å². The Hall–Kier alpha value is -4.92. The molecule has 3 aromatic rings. The van der Waals surface area contributed by atoms with Crippen molar-refractivity contribution in [1.29, 1.82) is 0 Å². The third-order valence-corrected chi connectivity index (χ3v) is 6.86. The van der Waals surface area contributed by atoms with Gasteiger partial charge in [0.25, 0.3) is 11.8 Å². The first-order valence-corrected chi connectivity index (χ1v) is 13.1. The van der Waals surface area contributed by atoms with E-state index in [1.807, 2.05) is 25.1 Å². The molecule has 0 saturated heterocycles. The van der Waals surface area contributed by atoms with Gasteiger partial charge in [0.05, 0.1) is 0 Å². The van der Waals surface area contributed by atoms with Gasteiger partial charge in [-0.15, -0.1) is 24.6 Å². The highest BCUT2D eigenvalue weighted by Crippen LogP contribution is 2.32. The van der Waals surface area contributed by atoms with Crippen LogP contribution in [0.5, 0.6) is 5.75 Å². The maximum absolute atomic E-state index is 12.2. The molecular weight excluding hydrogens is 524 g/mol. The van der Waals surface area contributed by atoms with E-state index in [2.05, 4.69) is 22.5 Å². The molecule has 0 aromatic heterocycles. The number of thioether (sulfide) groups is 1. The standard InChI is InChI=1S/C32H28N2O5S/c1-6-21-17-23(31(37)33-4)8-11-26(21)28(27-12-9-24(32(38)34-5)18-22(27)7-2)14-15-40-25-10-13-29(20(3)16-25)39-19-30(35)36/h1-2,8-14,16-18H,15,19H2,3-5H3,(H,33,37)(H,34,38)(H,35,36). The lowest BCUT2D eigenvalue weighted by Gasteiger charge is -2.15. The number of carboxylic acids is 1. The molecule has 0 atom stereocenters. The molecule has 3 aromatic carbocycles. The van der Waals surface area contributed by atoms with E-state index < -0.39 is 12.6 Å². The van der Waals surface area contributed by atoms with E-state index >= 15 is 0 Å². The van der Waals surface area contributed by atoms with Crippen LogP contribution in [0.3, 0.4) is 0 Å². The largest absolute Gasteiger partial charge is 0.482 e. The van der Waals surface area contributed by atoms with Crippen molar-refractivity contribution in [1.82, 2.24) is 10.6 Å². The molecule has 0 saturated carbocycles. The summed E-state index contributed by atoms with van der Waals surface area (Å²) in [6, 6.07) is 15.8. The Morgan fingerprint density at radius 1 is 0.900 bits per heavy atom. The van der Waals surface area contributed by atoms with E-state index in [9.17, 15) is 14.4 Å². The van der Waals surface area contributed by atoms with Crippen LogP contribution in [0.1, 0.15) is 48.5 Å². The summed E-state index contributed by atoms with van der Waals surface area (Å²) in [6.45, 7) is 1.44. The number of aliphatic carboxylic acids is 1. The molecule has 0 aliphatic rings. The summed E-state index contributed by atoms with van der Waals surface area (Å²) in [6.07, 6.45) is 13.7. The fourth-order valence-electron chi connectivity index (χ4n) is 3.97. The van der Waals surface area contributed by atoms with E-state index in [0.717, 1.165) is 16.0 Å². The fourth-order valence-corrected chi connectivity index (χ4v) is 4.83. The zero-order valence-electron chi connectivity index (χ0n) is 22.3. The van der Waals surface area contributed by atoms with Crippen LogP contribution in [-0.4, -0.2) is 49.3 Å². The van der Waals surface area contributed by atoms with E-state index in [-0.39, 0.29) is 11.8 Å². The quantitative estimate of drug-likeness (QED) is 0.255. The maximum atomic E-state index is 12.2. The predicted octanol–water partition coefficient (Wildman–Crippen LogP) is 4.36. The highest BCUT2D eigenvalue weighted by Gasteiger charge is 2.16. The molecule has 0 fully saturated rings. The van der Waals surface area contributed by atoms with Crippen molar-refractivity contribution in [3.63, 3.8) is 0 Å². The average molecular weight is 553 g/mol. The zero-order chi connectivity index (χ0) is 29.2. The van der Waals surface area contributed by atoms with Crippen molar-refractivity contribution in [3.8, 4) is 30.4 Å². The number of carboxylic acid groups (broad SMARTS) is 1. The number of ether oxygens (including phenoxy) is 1. The number of hydrogen-bond donors (Lipinski definition) is 3. The molecule has 0 unspecified atom stereocenters. The second kappa shape index (κ2) is 13.7. The lowest BCUT2D eigenvalue weighted by molar-refractivity contribution is -0.139. The van der Waals surface area contributed by atoms with Crippen LogP contribution in [0.25, 0.3) is 5.57 Å². The molecular formula is C32H28N2O5S. The fraction of sp³-hybridized carbons (Fsp3) is 0.156. The zero-order valence-corrected chi connectivity index (χ0v) is 23.1. The first-order valence-electron chi connectivity index (χ1n) is 12.2. The molecule has 0 radical (unpaired) electrons. The number of amides is 2. The van der Waals surface area contributed by atoms with Gasteiger partial charge in [0.1, 0.15) is 5.75 Å². The molecule has 202 valence electrons. The molecule has 0 aliphatic heterocycles. The normalized spacial score (nSPS) is 10.0. The molecule has 40 heavy (non-hydrogen) atoms. The molecule has 3 rings (SSSR count). The van der Waals surface area contributed by atoms with Crippen LogP contribution in [0, 0.1) is 31.6 Å². The molecule has 0 aliphatic carbocycles. The van der Waals surface area contributed by atoms with Gasteiger partial charge in [0.2, 0.25) is 0 Å². The minimum Gasteiger partial charge on any atom is -0.482 e. The average Bonchev–Trinajstić information content (AvgIpc) is 2.97. The minimum absolute atomic E-state index is 0.255. The number of rotatable bonds is 10. The van der Waals surface area contributed by atoms with Crippen LogP contribution < -0.4 is 15.4 Å². The van der Waals surface area contributed by atoms with Crippen LogP contribution in [0.15, 0.2) is 65.6 Å². The van der Waals surface area contributed by atoms with Crippen LogP contribution in [0.2, 0.25) is 0 Å². The number of nitrogens with one attached hydrogen (secondary N) is 2. The molecule has 3 N–H and O–H groups in total. The second-order valence-electron chi connectivity index (χ2n) is 8.51. The molecule has 0 spiro atoms. The number of carbonyl (C=O) groups excluding carboxylic acids is 2. The van der Waals surface area contributed by atoms with Crippen molar-refractivity contribution >= 4 is 35.1 Å². The summed E-state index contributed by atoms with van der Waals surface area (Å²) in [5.41, 5.74) is 4.91. The Morgan fingerprint density at radius 2 is 1.45 bits per heavy atom. The molecule has 0 bridgehead atoms. The summed E-state index contributed by atoms with van der Waals surface area (Å²) < 4.78 is 5.32. The monoisotopic (exact) mass is 552 g/mol. The first-order chi connectivity index (χ1) is 19.2. The van der Waals surface area contributed by atoms with E-state index in [0.29, 0.717) is 44.9 Å². The number of benzene rings is 3. The Bertz CT molecular complexity index is 1500. The highest BCUT2D eigenvalue weighted by atomic mass is 32.2. The molecule has 0 heterocycles. The Labute approximate surface area is 238 Å². The van der Waals surface area contributed by atoms with Crippen molar-refractivity contribution < 1.29 is 24.2 Å². The third kappa shape index (κ3) is 7.13. The molecule has 8 heteroatoms. The predicted molar refractivity (Wildman–Crippen MR) is 158 cm³/mol. The van der Waals surface area contributed by atoms with Gasteiger partial charge in [-0.1, -0.05) is 30.0 Å². The number of hydrogen-bond acceptors (Lipinski definition) is 5. The molecule has 7 nitrogen and oxygen atoms in total. The van der Waals surface area contributed by atoms with E-state index in [1.54, 1.807) is 68.3 Å². The second-order valence-corrected chi connectivity index (χ2v) is 9.60. The van der Waals surface area contributed by atoms with Crippen molar-refractivity contribution in [3.05, 3.63) is 99.6 Å². The van der Waals surface area contributed by atoms with Crippen LogP contribution >= 0.6 is 11.8 Å². The van der Waals surface area contributed by atoms with E-state index in [4.69, 9.17) is 22.7 Å². The van der Waals surface area contributed by atoms with Crippen molar-refractivity contribution in [2.24, 2.45) is 0 Å². The van der Waals surface area contributed by atoms with Gasteiger partial charge >= 0.3 is 5.97 Å². The van der Waals surface area contributed by atoms with Crippen molar-refractivity contribution in [2.45, 2.75) is 11.8 Å². The molecule has 2 amide bonds. The lowest BCUT2D eigenvalue weighted by atomic mass is 9.89. The summed E-state index contributed by atoms with van der Waals surface area (Å²) >= 11 is 1.56. The van der Waals surface area contributed by atoms with Crippen LogP contribution in [-0.2, 0) is 4.79 Å². The number of terminal acetylenes is 2. The van der Waals surface area contributed by atoms with Gasteiger partial charge in [-0.3, -0.25) is 9.59 Å². The van der Waals surface area contributed by atoms with Gasteiger partial charge in [0, 0.05) is 47.0 Å². The number of aryl methyl sites for hydroxylation is 1. The van der Waals surface area contributed by atoms with Crippen LogP contribution in [0.4, 0.5) is 0 Å². The third-order valence-electron chi connectivity index (χ3n) is 5.94. The van der Waals surface area contributed by atoms with Gasteiger partial charge < -0.3 is 20.5 Å². The minimum atomic E-state index is -1.04. The summed E-state index contributed by atoms with van der Waals surface area (Å²) in [5, 5.41) is 14.1. The Kier molecular flexibility index (Phi) is 10.2. The topological polar surface area (TPSA) is 105 Å². The summed E-state index contributed by atoms with van der Waals surface area (Å²) in [4.78, 5) is 36.2. The lowest BCUT2D eigenvalue weighted by Crippen LogP contribution is -2.18. The smallest absolute Gasteiger partial charge is 0.341 e. The summed E-state index contributed by atoms with van der Waals surface area (Å²) in [7, 11) is 3.10. The van der Waals surface area contributed by atoms with Gasteiger partial charge in [-0.25, -0.2) is 4.79 Å². The first kappa shape index (κ1) is 29.6. The highest BCUT2D eigenvalue weighted by molar-refractivity contribution is 7.99. The van der Waals surface area contributed by atoms with Gasteiger partial charge in [0.15, 0.2) is 6.61 Å². The summed E-state index contributed by atoms with van der Waals surface area (Å²) in [5.74, 6) is 4.86.